The van der Waals surface area contributed by atoms with Gasteiger partial charge in [-0.3, -0.25) is 0 Å². The first-order valence-corrected chi connectivity index (χ1v) is 6.54. The van der Waals surface area contributed by atoms with Crippen molar-refractivity contribution in [2.45, 2.75) is 33.2 Å². The first kappa shape index (κ1) is 15.8. The SMILES string of the molecule is Cc1cccc(NC(=O)N(CCC(N)=NO)C(C)C)c1. The van der Waals surface area contributed by atoms with E-state index < -0.39 is 0 Å². The molecular formula is C14H22N4O2. The van der Waals surface area contributed by atoms with Crippen LogP contribution in [0.1, 0.15) is 25.8 Å². The van der Waals surface area contributed by atoms with E-state index >= 15 is 0 Å². The highest BCUT2D eigenvalue weighted by molar-refractivity contribution is 5.90. The maximum absolute atomic E-state index is 12.2. The fraction of sp³-hybridized carbons (Fsp3) is 0.429. The Kier molecular flexibility index (Phi) is 5.83. The van der Waals surface area contributed by atoms with E-state index in [9.17, 15) is 4.79 Å². The number of benzene rings is 1. The van der Waals surface area contributed by atoms with E-state index in [4.69, 9.17) is 10.9 Å². The molecule has 0 atom stereocenters. The maximum Gasteiger partial charge on any atom is 0.322 e. The number of hydrogen-bond acceptors (Lipinski definition) is 3. The molecule has 0 aromatic heterocycles. The summed E-state index contributed by atoms with van der Waals surface area (Å²) in [6.07, 6.45) is 0.329. The third-order valence-electron chi connectivity index (χ3n) is 2.89. The van der Waals surface area contributed by atoms with Crippen LogP contribution < -0.4 is 11.1 Å². The zero-order valence-electron chi connectivity index (χ0n) is 12.1. The molecule has 20 heavy (non-hydrogen) atoms. The van der Waals surface area contributed by atoms with Gasteiger partial charge in [-0.1, -0.05) is 17.3 Å². The van der Waals surface area contributed by atoms with Gasteiger partial charge in [0.05, 0.1) is 0 Å². The number of carbonyl (C=O) groups excluding carboxylic acids is 1. The summed E-state index contributed by atoms with van der Waals surface area (Å²) in [5, 5.41) is 14.3. The van der Waals surface area contributed by atoms with E-state index in [2.05, 4.69) is 10.5 Å². The molecule has 6 heteroatoms. The number of aryl methyl sites for hydroxylation is 1. The van der Waals surface area contributed by atoms with Crippen LogP contribution in [0.25, 0.3) is 0 Å². The van der Waals surface area contributed by atoms with Crippen molar-refractivity contribution in [1.29, 1.82) is 0 Å². The summed E-state index contributed by atoms with van der Waals surface area (Å²) in [6.45, 7) is 6.20. The van der Waals surface area contributed by atoms with Crippen LogP contribution in [0.4, 0.5) is 10.5 Å². The number of amides is 2. The van der Waals surface area contributed by atoms with Crippen LogP contribution in [-0.2, 0) is 0 Å². The Morgan fingerprint density at radius 3 is 2.75 bits per heavy atom. The molecule has 1 aromatic carbocycles. The average Bonchev–Trinajstić information content (AvgIpc) is 2.38. The van der Waals surface area contributed by atoms with Crippen molar-refractivity contribution in [2.75, 3.05) is 11.9 Å². The maximum atomic E-state index is 12.2. The van der Waals surface area contributed by atoms with Crippen LogP contribution in [0.2, 0.25) is 0 Å². The molecule has 0 spiro atoms. The predicted molar refractivity (Wildman–Crippen MR) is 80.1 cm³/mol. The van der Waals surface area contributed by atoms with Gasteiger partial charge in [-0.05, 0) is 38.5 Å². The highest BCUT2D eigenvalue weighted by Gasteiger charge is 2.17. The monoisotopic (exact) mass is 278 g/mol. The summed E-state index contributed by atoms with van der Waals surface area (Å²) in [4.78, 5) is 13.9. The molecule has 0 saturated carbocycles. The van der Waals surface area contributed by atoms with Crippen molar-refractivity contribution in [2.24, 2.45) is 10.9 Å². The summed E-state index contributed by atoms with van der Waals surface area (Å²) in [7, 11) is 0. The summed E-state index contributed by atoms with van der Waals surface area (Å²) in [5.41, 5.74) is 7.27. The first-order valence-electron chi connectivity index (χ1n) is 6.54. The summed E-state index contributed by atoms with van der Waals surface area (Å²) in [6, 6.07) is 7.42. The summed E-state index contributed by atoms with van der Waals surface area (Å²) in [5.74, 6) is 0.110. The van der Waals surface area contributed by atoms with Crippen LogP contribution in [0, 0.1) is 6.92 Å². The van der Waals surface area contributed by atoms with Gasteiger partial charge in [0.2, 0.25) is 0 Å². The van der Waals surface area contributed by atoms with Crippen molar-refractivity contribution in [3.05, 3.63) is 29.8 Å². The highest BCUT2D eigenvalue weighted by atomic mass is 16.4. The molecule has 6 nitrogen and oxygen atoms in total. The molecule has 0 aliphatic rings. The van der Waals surface area contributed by atoms with Crippen LogP contribution in [0.5, 0.6) is 0 Å². The molecule has 0 aliphatic heterocycles. The van der Waals surface area contributed by atoms with E-state index in [1.807, 2.05) is 45.0 Å². The van der Waals surface area contributed by atoms with Crippen LogP contribution in [0.15, 0.2) is 29.4 Å². The normalized spacial score (nSPS) is 11.5. The Morgan fingerprint density at radius 1 is 1.50 bits per heavy atom. The molecule has 110 valence electrons. The number of urea groups is 1. The molecule has 0 fully saturated rings. The average molecular weight is 278 g/mol. The predicted octanol–water partition coefficient (Wildman–Crippen LogP) is 2.37. The van der Waals surface area contributed by atoms with Crippen molar-refractivity contribution < 1.29 is 10.0 Å². The number of nitrogens with zero attached hydrogens (tertiary/aromatic N) is 2. The summed E-state index contributed by atoms with van der Waals surface area (Å²) >= 11 is 0. The van der Waals surface area contributed by atoms with Crippen LogP contribution in [-0.4, -0.2) is 34.6 Å². The van der Waals surface area contributed by atoms with Crippen molar-refractivity contribution in [3.63, 3.8) is 0 Å². The van der Waals surface area contributed by atoms with Gasteiger partial charge in [-0.25, -0.2) is 4.79 Å². The number of rotatable bonds is 5. The molecule has 1 rings (SSSR count). The molecule has 1 aromatic rings. The lowest BCUT2D eigenvalue weighted by molar-refractivity contribution is 0.198. The van der Waals surface area contributed by atoms with Crippen molar-refractivity contribution in [1.82, 2.24) is 4.90 Å². The number of nitrogens with two attached hydrogens (primary N) is 1. The molecule has 0 saturated heterocycles. The fourth-order valence-electron chi connectivity index (χ4n) is 1.80. The molecule has 2 amide bonds. The molecule has 0 bridgehead atoms. The first-order chi connectivity index (χ1) is 9.43. The van der Waals surface area contributed by atoms with Gasteiger partial charge in [0.15, 0.2) is 0 Å². The Labute approximate surface area is 119 Å². The quantitative estimate of drug-likeness (QED) is 0.334. The summed E-state index contributed by atoms with van der Waals surface area (Å²) < 4.78 is 0. The van der Waals surface area contributed by atoms with Crippen LogP contribution >= 0.6 is 0 Å². The Morgan fingerprint density at radius 2 is 2.20 bits per heavy atom. The highest BCUT2D eigenvalue weighted by Crippen LogP contribution is 2.11. The number of carbonyl (C=O) groups is 1. The van der Waals surface area contributed by atoms with Crippen LogP contribution in [0.3, 0.4) is 0 Å². The van der Waals surface area contributed by atoms with E-state index in [-0.39, 0.29) is 17.9 Å². The molecule has 0 unspecified atom stereocenters. The van der Waals surface area contributed by atoms with Gasteiger partial charge in [0, 0.05) is 24.7 Å². The van der Waals surface area contributed by atoms with E-state index in [0.29, 0.717) is 13.0 Å². The minimum Gasteiger partial charge on any atom is -0.409 e. The number of hydrogen-bond donors (Lipinski definition) is 3. The van der Waals surface area contributed by atoms with Gasteiger partial charge < -0.3 is 21.2 Å². The third kappa shape index (κ3) is 4.79. The van der Waals surface area contributed by atoms with Gasteiger partial charge in [0.1, 0.15) is 5.84 Å². The molecule has 0 heterocycles. The smallest absolute Gasteiger partial charge is 0.322 e. The molecular weight excluding hydrogens is 256 g/mol. The topological polar surface area (TPSA) is 91.0 Å². The lowest BCUT2D eigenvalue weighted by atomic mass is 10.2. The largest absolute Gasteiger partial charge is 0.409 e. The second-order valence-electron chi connectivity index (χ2n) is 4.93. The van der Waals surface area contributed by atoms with E-state index in [1.54, 1.807) is 4.90 Å². The van der Waals surface area contributed by atoms with Gasteiger partial charge >= 0.3 is 6.03 Å². The number of anilines is 1. The third-order valence-corrected chi connectivity index (χ3v) is 2.89. The minimum absolute atomic E-state index is 0.0197. The van der Waals surface area contributed by atoms with Gasteiger partial charge in [-0.15, -0.1) is 0 Å². The van der Waals surface area contributed by atoms with E-state index in [1.165, 1.54) is 0 Å². The Balaban J connectivity index is 2.69. The van der Waals surface area contributed by atoms with Gasteiger partial charge in [0.25, 0.3) is 0 Å². The Hall–Kier alpha value is -2.24. The molecule has 4 N–H and O–H groups in total. The minimum atomic E-state index is -0.198. The standard InChI is InChI=1S/C14H22N4O2/c1-10(2)18(8-7-13(15)17-20)14(19)16-12-6-4-5-11(3)9-12/h4-6,9-10,20H,7-8H2,1-3H3,(H2,15,17)(H,16,19). The van der Waals surface area contributed by atoms with E-state index in [0.717, 1.165) is 11.3 Å². The molecule has 0 radical (unpaired) electrons. The van der Waals surface area contributed by atoms with Crippen molar-refractivity contribution >= 4 is 17.6 Å². The number of nitrogens with one attached hydrogen (secondary N) is 1. The molecule has 0 aliphatic carbocycles. The number of oxime groups is 1. The van der Waals surface area contributed by atoms with Crippen molar-refractivity contribution in [3.8, 4) is 0 Å². The Bertz CT molecular complexity index is 486. The zero-order valence-corrected chi connectivity index (χ0v) is 12.1. The fourth-order valence-corrected chi connectivity index (χ4v) is 1.80. The lowest BCUT2D eigenvalue weighted by Gasteiger charge is -2.26. The second-order valence-corrected chi connectivity index (χ2v) is 4.93. The van der Waals surface area contributed by atoms with Gasteiger partial charge in [-0.2, -0.15) is 0 Å². The number of amidine groups is 1. The second kappa shape index (κ2) is 7.37. The lowest BCUT2D eigenvalue weighted by Crippen LogP contribution is -2.41. The zero-order chi connectivity index (χ0) is 15.1.